The summed E-state index contributed by atoms with van der Waals surface area (Å²) in [6.45, 7) is 5.92. The van der Waals surface area contributed by atoms with Crippen LogP contribution in [0.5, 0.6) is 0 Å². The van der Waals surface area contributed by atoms with E-state index in [1.54, 1.807) is 50.2 Å². The minimum Gasteiger partial charge on any atom is -0.371 e. The molecule has 1 aliphatic carbocycles. The van der Waals surface area contributed by atoms with Crippen molar-refractivity contribution in [3.8, 4) is 0 Å². The largest absolute Gasteiger partial charge is 0.371 e. The fraction of sp³-hybridized carbons (Fsp3) is 0.440. The molecule has 2 aromatic carbocycles. The van der Waals surface area contributed by atoms with Gasteiger partial charge in [-0.25, -0.2) is 8.42 Å². The molecule has 0 spiro atoms. The van der Waals surface area contributed by atoms with Crippen LogP contribution in [0.1, 0.15) is 60.2 Å². The Hall–Kier alpha value is -2.91. The van der Waals surface area contributed by atoms with Gasteiger partial charge in [-0.3, -0.25) is 9.59 Å². The lowest BCUT2D eigenvalue weighted by Gasteiger charge is -2.23. The molecule has 1 saturated heterocycles. The van der Waals surface area contributed by atoms with Crippen LogP contribution in [-0.4, -0.2) is 56.8 Å². The Morgan fingerprint density at radius 2 is 1.71 bits per heavy atom. The van der Waals surface area contributed by atoms with Crippen LogP contribution in [-0.2, 0) is 10.0 Å². The van der Waals surface area contributed by atoms with Crippen molar-refractivity contribution < 1.29 is 18.0 Å². The van der Waals surface area contributed by atoms with Gasteiger partial charge in [-0.05, 0) is 62.1 Å². The third-order valence-electron chi connectivity index (χ3n) is 6.30. The summed E-state index contributed by atoms with van der Waals surface area (Å²) in [5, 5.41) is 5.81. The van der Waals surface area contributed by atoms with Crippen LogP contribution in [0.3, 0.4) is 0 Å². The van der Waals surface area contributed by atoms with Crippen molar-refractivity contribution in [3.05, 3.63) is 53.6 Å². The van der Waals surface area contributed by atoms with Gasteiger partial charge in [0, 0.05) is 49.2 Å². The summed E-state index contributed by atoms with van der Waals surface area (Å²) in [7, 11) is -3.71. The van der Waals surface area contributed by atoms with Gasteiger partial charge in [0.25, 0.3) is 11.8 Å². The van der Waals surface area contributed by atoms with Gasteiger partial charge in [0.05, 0.1) is 10.5 Å². The number of carbonyl (C=O) groups excluding carboxylic acids is 2. The van der Waals surface area contributed by atoms with Crippen LogP contribution in [0.4, 0.5) is 11.4 Å². The molecule has 0 radical (unpaired) electrons. The summed E-state index contributed by atoms with van der Waals surface area (Å²) in [6, 6.07) is 11.8. The molecular weight excluding hydrogens is 452 g/mol. The summed E-state index contributed by atoms with van der Waals surface area (Å²) in [6.07, 6.45) is 4.04. The summed E-state index contributed by atoms with van der Waals surface area (Å²) in [5.41, 5.74) is 1.99. The van der Waals surface area contributed by atoms with Gasteiger partial charge >= 0.3 is 0 Å². The van der Waals surface area contributed by atoms with E-state index in [4.69, 9.17) is 0 Å². The van der Waals surface area contributed by atoms with Crippen molar-refractivity contribution in [1.29, 1.82) is 0 Å². The molecule has 1 saturated carbocycles. The number of nitrogens with one attached hydrogen (secondary N) is 2. The van der Waals surface area contributed by atoms with Crippen LogP contribution in [0.15, 0.2) is 47.4 Å². The number of rotatable bonds is 9. The minimum atomic E-state index is -3.71. The van der Waals surface area contributed by atoms with E-state index >= 15 is 0 Å². The van der Waals surface area contributed by atoms with Crippen molar-refractivity contribution in [2.45, 2.75) is 50.5 Å². The zero-order chi connectivity index (χ0) is 24.3. The molecule has 34 heavy (non-hydrogen) atoms. The molecule has 1 heterocycles. The number of amides is 2. The third kappa shape index (κ3) is 5.26. The molecule has 4 rings (SSSR count). The van der Waals surface area contributed by atoms with Crippen molar-refractivity contribution in [2.24, 2.45) is 0 Å². The maximum atomic E-state index is 13.4. The first kappa shape index (κ1) is 24.2. The number of anilines is 2. The second kappa shape index (κ2) is 10.1. The molecule has 2 aliphatic rings. The molecule has 0 bridgehead atoms. The van der Waals surface area contributed by atoms with Crippen LogP contribution in [0.2, 0.25) is 0 Å². The maximum absolute atomic E-state index is 13.4. The molecule has 2 amide bonds. The molecule has 1 aliphatic heterocycles. The average Bonchev–Trinajstić information content (AvgIpc) is 3.47. The molecule has 9 heteroatoms. The fourth-order valence-electron chi connectivity index (χ4n) is 4.24. The van der Waals surface area contributed by atoms with Gasteiger partial charge in [-0.1, -0.05) is 19.9 Å². The zero-order valence-corrected chi connectivity index (χ0v) is 20.5. The molecule has 0 atom stereocenters. The number of hydrogen-bond donors (Lipinski definition) is 2. The molecule has 2 fully saturated rings. The van der Waals surface area contributed by atoms with Gasteiger partial charge in [-0.2, -0.15) is 4.31 Å². The zero-order valence-electron chi connectivity index (χ0n) is 19.7. The minimum absolute atomic E-state index is 0.0989. The Balaban J connectivity index is 1.64. The van der Waals surface area contributed by atoms with Gasteiger partial charge in [0.1, 0.15) is 0 Å². The average molecular weight is 485 g/mol. The first-order chi connectivity index (χ1) is 16.3. The molecule has 0 aromatic heterocycles. The highest BCUT2D eigenvalue weighted by molar-refractivity contribution is 7.89. The Kier molecular flexibility index (Phi) is 7.23. The van der Waals surface area contributed by atoms with Crippen LogP contribution in [0.25, 0.3) is 0 Å². The second-order valence-corrected chi connectivity index (χ2v) is 10.7. The van der Waals surface area contributed by atoms with E-state index in [1.165, 1.54) is 10.4 Å². The topological polar surface area (TPSA) is 98.8 Å². The molecule has 0 unspecified atom stereocenters. The van der Waals surface area contributed by atoms with Gasteiger partial charge in [0.15, 0.2) is 0 Å². The molecule has 182 valence electrons. The van der Waals surface area contributed by atoms with Gasteiger partial charge < -0.3 is 15.5 Å². The lowest BCUT2D eigenvalue weighted by atomic mass is 10.1. The molecular formula is C25H32N4O4S. The van der Waals surface area contributed by atoms with Crippen LogP contribution < -0.4 is 15.5 Å². The van der Waals surface area contributed by atoms with E-state index in [1.807, 2.05) is 0 Å². The number of hydrogen-bond acceptors (Lipinski definition) is 5. The Bertz CT molecular complexity index is 1170. The molecule has 2 N–H and O–H groups in total. The maximum Gasteiger partial charge on any atom is 0.257 e. The molecule has 2 aromatic rings. The van der Waals surface area contributed by atoms with Gasteiger partial charge in [0.2, 0.25) is 10.0 Å². The lowest BCUT2D eigenvalue weighted by molar-refractivity contribution is 0.0949. The Morgan fingerprint density at radius 1 is 1.00 bits per heavy atom. The van der Waals surface area contributed by atoms with Crippen molar-refractivity contribution in [3.63, 3.8) is 0 Å². The fourth-order valence-corrected chi connectivity index (χ4v) is 5.72. The highest BCUT2D eigenvalue weighted by atomic mass is 32.2. The Labute approximate surface area is 201 Å². The summed E-state index contributed by atoms with van der Waals surface area (Å²) in [5.74, 6) is -0.568. The van der Waals surface area contributed by atoms with E-state index in [0.717, 1.165) is 44.5 Å². The smallest absolute Gasteiger partial charge is 0.257 e. The SMILES string of the molecule is CCN(CC)S(=O)(=O)c1ccc(N2CCCC2)c(C(=O)Nc2cccc(C(=O)NC3CC3)c2)c1. The van der Waals surface area contributed by atoms with Crippen molar-refractivity contribution >= 4 is 33.2 Å². The van der Waals surface area contributed by atoms with E-state index in [0.29, 0.717) is 29.9 Å². The molecule has 8 nitrogen and oxygen atoms in total. The lowest BCUT2D eigenvalue weighted by Crippen LogP contribution is -2.31. The monoisotopic (exact) mass is 484 g/mol. The quantitative estimate of drug-likeness (QED) is 0.568. The summed E-state index contributed by atoms with van der Waals surface area (Å²) < 4.78 is 27.6. The van der Waals surface area contributed by atoms with Crippen LogP contribution in [0, 0.1) is 0 Å². The number of nitrogens with zero attached hydrogens (tertiary/aromatic N) is 2. The highest BCUT2D eigenvalue weighted by Gasteiger charge is 2.27. The second-order valence-electron chi connectivity index (χ2n) is 8.75. The standard InChI is InChI=1S/C25H32N4O4S/c1-3-29(4-2)34(32,33)21-12-13-23(28-14-5-6-15-28)22(17-21)25(31)27-20-9-7-8-18(16-20)24(30)26-19-10-11-19/h7-9,12-13,16-17,19H,3-6,10-11,14-15H2,1-2H3,(H,26,30)(H,27,31). The van der Waals surface area contributed by atoms with Crippen molar-refractivity contribution in [2.75, 3.05) is 36.4 Å². The first-order valence-corrected chi connectivity index (χ1v) is 13.4. The Morgan fingerprint density at radius 3 is 2.35 bits per heavy atom. The predicted molar refractivity (Wildman–Crippen MR) is 133 cm³/mol. The normalized spacial score (nSPS) is 16.0. The number of sulfonamides is 1. The third-order valence-corrected chi connectivity index (χ3v) is 8.34. The van der Waals surface area contributed by atoms with E-state index in [9.17, 15) is 18.0 Å². The van der Waals surface area contributed by atoms with Crippen LogP contribution >= 0.6 is 0 Å². The van der Waals surface area contributed by atoms with E-state index < -0.39 is 15.9 Å². The van der Waals surface area contributed by atoms with E-state index in [2.05, 4.69) is 15.5 Å². The summed E-state index contributed by atoms with van der Waals surface area (Å²) in [4.78, 5) is 28.0. The predicted octanol–water partition coefficient (Wildman–Crippen LogP) is 3.46. The first-order valence-electron chi connectivity index (χ1n) is 11.9. The van der Waals surface area contributed by atoms with E-state index in [-0.39, 0.29) is 16.8 Å². The highest BCUT2D eigenvalue weighted by Crippen LogP contribution is 2.29. The van der Waals surface area contributed by atoms with Crippen molar-refractivity contribution in [1.82, 2.24) is 9.62 Å². The number of carbonyl (C=O) groups is 2. The summed E-state index contributed by atoms with van der Waals surface area (Å²) >= 11 is 0. The van der Waals surface area contributed by atoms with Gasteiger partial charge in [-0.15, -0.1) is 0 Å². The number of benzene rings is 2.